The fourth-order valence-corrected chi connectivity index (χ4v) is 2.77. The Kier molecular flexibility index (Phi) is 4.08. The molecule has 5 heteroatoms. The lowest BCUT2D eigenvalue weighted by atomic mass is 10.1. The Morgan fingerprint density at radius 2 is 1.95 bits per heavy atom. The highest BCUT2D eigenvalue weighted by molar-refractivity contribution is 8.02. The van der Waals surface area contributed by atoms with E-state index in [1.165, 1.54) is 11.8 Å². The highest BCUT2D eigenvalue weighted by Crippen LogP contribution is 2.29. The highest BCUT2D eigenvalue weighted by Gasteiger charge is 2.18. The number of thioether (sulfide) groups is 1. The number of benzene rings is 1. The largest absolute Gasteiger partial charge is 0.321 e. The van der Waals surface area contributed by atoms with Gasteiger partial charge in [0.15, 0.2) is 0 Å². The zero-order chi connectivity index (χ0) is 14.7. The molecule has 1 aliphatic heterocycles. The van der Waals surface area contributed by atoms with Crippen molar-refractivity contribution in [2.45, 2.75) is 5.03 Å². The molecule has 21 heavy (non-hydrogen) atoms. The number of aromatic nitrogens is 1. The van der Waals surface area contributed by atoms with Crippen LogP contribution in [0, 0.1) is 0 Å². The summed E-state index contributed by atoms with van der Waals surface area (Å²) < 4.78 is 0. The van der Waals surface area contributed by atoms with E-state index in [2.05, 4.69) is 10.3 Å². The highest BCUT2D eigenvalue weighted by atomic mass is 35.5. The van der Waals surface area contributed by atoms with Crippen molar-refractivity contribution < 1.29 is 4.79 Å². The Labute approximate surface area is 131 Å². The van der Waals surface area contributed by atoms with Gasteiger partial charge >= 0.3 is 0 Å². The molecule has 0 spiro atoms. The lowest BCUT2D eigenvalue weighted by molar-refractivity contribution is -0.115. The van der Waals surface area contributed by atoms with Crippen molar-refractivity contribution in [3.05, 3.63) is 76.4 Å². The van der Waals surface area contributed by atoms with Gasteiger partial charge in [-0.2, -0.15) is 0 Å². The van der Waals surface area contributed by atoms with E-state index >= 15 is 0 Å². The molecule has 1 amide bonds. The number of nitrogens with one attached hydrogen (secondary N) is 1. The van der Waals surface area contributed by atoms with Crippen molar-refractivity contribution in [3.8, 4) is 0 Å². The van der Waals surface area contributed by atoms with Gasteiger partial charge in [-0.1, -0.05) is 41.6 Å². The summed E-state index contributed by atoms with van der Waals surface area (Å²) in [5.74, 6) is -0.118. The third-order valence-corrected chi connectivity index (χ3v) is 4.00. The van der Waals surface area contributed by atoms with E-state index in [4.69, 9.17) is 11.6 Å². The van der Waals surface area contributed by atoms with Gasteiger partial charge in [-0.25, -0.2) is 4.98 Å². The number of halogens is 1. The zero-order valence-electron chi connectivity index (χ0n) is 10.9. The van der Waals surface area contributed by atoms with Crippen LogP contribution in [0.5, 0.6) is 0 Å². The van der Waals surface area contributed by atoms with Gasteiger partial charge in [0, 0.05) is 28.3 Å². The smallest absolute Gasteiger partial charge is 0.249 e. The first-order valence-corrected chi connectivity index (χ1v) is 7.55. The van der Waals surface area contributed by atoms with Gasteiger partial charge in [0.2, 0.25) is 5.91 Å². The van der Waals surface area contributed by atoms with E-state index < -0.39 is 0 Å². The summed E-state index contributed by atoms with van der Waals surface area (Å²) in [7, 11) is 0. The predicted molar refractivity (Wildman–Crippen MR) is 85.7 cm³/mol. The molecule has 0 aliphatic carbocycles. The Morgan fingerprint density at radius 1 is 1.14 bits per heavy atom. The maximum absolute atomic E-state index is 11.6. The van der Waals surface area contributed by atoms with Gasteiger partial charge in [-0.3, -0.25) is 4.79 Å². The molecule has 1 aromatic carbocycles. The number of hydrogen-bond donors (Lipinski definition) is 1. The number of amides is 1. The molecule has 0 saturated heterocycles. The molecule has 2 aromatic rings. The van der Waals surface area contributed by atoms with Crippen molar-refractivity contribution in [2.24, 2.45) is 0 Å². The third kappa shape index (κ3) is 3.35. The van der Waals surface area contributed by atoms with Crippen molar-refractivity contribution in [1.82, 2.24) is 10.3 Å². The van der Waals surface area contributed by atoms with Gasteiger partial charge in [0.1, 0.15) is 5.03 Å². The van der Waals surface area contributed by atoms with E-state index in [9.17, 15) is 4.79 Å². The fraction of sp³-hybridized carbons (Fsp3) is 0. The number of carbonyl (C=O) groups is 1. The second-order valence-electron chi connectivity index (χ2n) is 4.37. The van der Waals surface area contributed by atoms with E-state index in [0.717, 1.165) is 21.9 Å². The van der Waals surface area contributed by atoms with E-state index in [-0.39, 0.29) is 5.91 Å². The standard InChI is InChI=1S/C16H11ClN2OS/c17-12-6-4-11(5-7-12)13-9-15(20)19-14(13)10-21-16-3-1-2-8-18-16/h1-10H,(H,19,20)/b14-10-. The molecule has 3 rings (SSSR count). The Balaban J connectivity index is 1.86. The fourth-order valence-electron chi connectivity index (χ4n) is 1.94. The number of pyridine rings is 1. The summed E-state index contributed by atoms with van der Waals surface area (Å²) in [6.07, 6.45) is 3.33. The maximum Gasteiger partial charge on any atom is 0.249 e. The summed E-state index contributed by atoms with van der Waals surface area (Å²) in [6, 6.07) is 13.1. The molecule has 2 heterocycles. The van der Waals surface area contributed by atoms with Crippen LogP contribution in [0.15, 0.2) is 70.9 Å². The number of hydrogen-bond acceptors (Lipinski definition) is 3. The van der Waals surface area contributed by atoms with Gasteiger partial charge in [0.05, 0.1) is 5.70 Å². The normalized spacial score (nSPS) is 16.0. The van der Waals surface area contributed by atoms with Crippen molar-refractivity contribution in [2.75, 3.05) is 0 Å². The summed E-state index contributed by atoms with van der Waals surface area (Å²) in [5.41, 5.74) is 2.59. The molecule has 0 saturated carbocycles. The van der Waals surface area contributed by atoms with Crippen LogP contribution in [0.1, 0.15) is 5.56 Å². The lowest BCUT2D eigenvalue weighted by Gasteiger charge is -2.06. The second-order valence-corrected chi connectivity index (χ2v) is 5.70. The summed E-state index contributed by atoms with van der Waals surface area (Å²) in [6.45, 7) is 0. The van der Waals surface area contributed by atoms with E-state index in [1.807, 2.05) is 47.9 Å². The van der Waals surface area contributed by atoms with Crippen LogP contribution < -0.4 is 5.32 Å². The quantitative estimate of drug-likeness (QED) is 0.874. The molecular formula is C16H11ClN2OS. The number of carbonyl (C=O) groups excluding carboxylic acids is 1. The van der Waals surface area contributed by atoms with Gasteiger partial charge in [0.25, 0.3) is 0 Å². The van der Waals surface area contributed by atoms with E-state index in [1.54, 1.807) is 12.3 Å². The minimum Gasteiger partial charge on any atom is -0.321 e. The molecule has 1 aromatic heterocycles. The molecule has 0 bridgehead atoms. The molecule has 0 unspecified atom stereocenters. The van der Waals surface area contributed by atoms with Crippen molar-refractivity contribution >= 4 is 34.8 Å². The molecule has 1 aliphatic rings. The van der Waals surface area contributed by atoms with Crippen LogP contribution in [-0.2, 0) is 4.79 Å². The van der Waals surface area contributed by atoms with E-state index in [0.29, 0.717) is 5.02 Å². The van der Waals surface area contributed by atoms with Crippen LogP contribution in [-0.4, -0.2) is 10.9 Å². The molecule has 104 valence electrons. The molecule has 1 N–H and O–H groups in total. The van der Waals surface area contributed by atoms with Crippen LogP contribution in [0.4, 0.5) is 0 Å². The van der Waals surface area contributed by atoms with Crippen molar-refractivity contribution in [1.29, 1.82) is 0 Å². The predicted octanol–water partition coefficient (Wildman–Crippen LogP) is 3.88. The summed E-state index contributed by atoms with van der Waals surface area (Å²) >= 11 is 7.36. The number of nitrogens with zero attached hydrogens (tertiary/aromatic N) is 1. The number of rotatable bonds is 3. The van der Waals surface area contributed by atoms with Gasteiger partial charge in [-0.15, -0.1) is 0 Å². The first-order valence-electron chi connectivity index (χ1n) is 6.29. The average molecular weight is 315 g/mol. The van der Waals surface area contributed by atoms with Crippen LogP contribution >= 0.6 is 23.4 Å². The molecule has 0 atom stereocenters. The van der Waals surface area contributed by atoms with Crippen LogP contribution in [0.2, 0.25) is 5.02 Å². The summed E-state index contributed by atoms with van der Waals surface area (Å²) in [4.78, 5) is 15.9. The minimum absolute atomic E-state index is 0.118. The minimum atomic E-state index is -0.118. The molecule has 0 radical (unpaired) electrons. The Hall–Kier alpha value is -2.04. The molecular weight excluding hydrogens is 304 g/mol. The third-order valence-electron chi connectivity index (χ3n) is 2.91. The van der Waals surface area contributed by atoms with Crippen LogP contribution in [0.3, 0.4) is 0 Å². The Morgan fingerprint density at radius 3 is 2.67 bits per heavy atom. The van der Waals surface area contributed by atoms with Gasteiger partial charge in [-0.05, 0) is 29.8 Å². The average Bonchev–Trinajstić information content (AvgIpc) is 2.88. The zero-order valence-corrected chi connectivity index (χ0v) is 12.5. The second kappa shape index (κ2) is 6.16. The SMILES string of the molecule is O=C1C=C(c2ccc(Cl)cc2)/C(=C/Sc2ccccn2)N1. The van der Waals surface area contributed by atoms with Crippen LogP contribution in [0.25, 0.3) is 5.57 Å². The topological polar surface area (TPSA) is 42.0 Å². The first kappa shape index (κ1) is 13.9. The molecule has 3 nitrogen and oxygen atoms in total. The van der Waals surface area contributed by atoms with Crippen molar-refractivity contribution in [3.63, 3.8) is 0 Å². The monoisotopic (exact) mass is 314 g/mol. The number of allylic oxidation sites excluding steroid dienone is 1. The first-order chi connectivity index (χ1) is 10.2. The summed E-state index contributed by atoms with van der Waals surface area (Å²) in [5, 5.41) is 6.28. The maximum atomic E-state index is 11.6. The van der Waals surface area contributed by atoms with Gasteiger partial charge < -0.3 is 5.32 Å². The molecule has 0 fully saturated rings. The Bertz CT molecular complexity index is 724. The lowest BCUT2D eigenvalue weighted by Crippen LogP contribution is -2.13.